The molecule has 152 valence electrons. The Hall–Kier alpha value is -2.54. The molecule has 3 aromatic rings. The van der Waals surface area contributed by atoms with Gasteiger partial charge in [0.05, 0.1) is 5.69 Å². The summed E-state index contributed by atoms with van der Waals surface area (Å²) in [6.07, 6.45) is 0. The van der Waals surface area contributed by atoms with Crippen LogP contribution in [0.2, 0.25) is 0 Å². The molecule has 0 heterocycles. The number of anilines is 1. The lowest BCUT2D eigenvalue weighted by Gasteiger charge is -2.49. The molecule has 3 rings (SSSR count). The van der Waals surface area contributed by atoms with Gasteiger partial charge in [0.15, 0.2) is 0 Å². The molecule has 0 saturated carbocycles. The highest BCUT2D eigenvalue weighted by Gasteiger charge is 2.36. The Labute approximate surface area is 181 Å². The van der Waals surface area contributed by atoms with Crippen LogP contribution >= 0.6 is 0 Å². The van der Waals surface area contributed by atoms with E-state index in [0.717, 1.165) is 33.5 Å². The molecule has 0 N–H and O–H groups in total. The minimum atomic E-state index is -2.23. The second kappa shape index (κ2) is 7.71. The van der Waals surface area contributed by atoms with Crippen molar-refractivity contribution in [3.8, 4) is 22.3 Å². The zero-order valence-corrected chi connectivity index (χ0v) is 18.8. The van der Waals surface area contributed by atoms with Crippen molar-refractivity contribution < 1.29 is 4.11 Å². The zero-order chi connectivity index (χ0) is 23.9. The van der Waals surface area contributed by atoms with Crippen LogP contribution in [0.15, 0.2) is 66.7 Å². The van der Waals surface area contributed by atoms with Gasteiger partial charge in [0.2, 0.25) is 0 Å². The molecule has 0 fully saturated rings. The van der Waals surface area contributed by atoms with Gasteiger partial charge in [-0.3, -0.25) is 0 Å². The molecule has 3 aromatic carbocycles. The summed E-state index contributed by atoms with van der Waals surface area (Å²) in [5.74, 6) is 0. The molecule has 0 bridgehead atoms. The van der Waals surface area contributed by atoms with Crippen LogP contribution in [-0.2, 0) is 0 Å². The van der Waals surface area contributed by atoms with Gasteiger partial charge in [0.25, 0.3) is 0 Å². The third-order valence-electron chi connectivity index (χ3n) is 5.19. The van der Waals surface area contributed by atoms with E-state index in [1.807, 2.05) is 61.5 Å². The fourth-order valence-electron chi connectivity index (χ4n) is 4.57. The summed E-state index contributed by atoms with van der Waals surface area (Å²) < 4.78 is 25.2. The molecule has 0 amide bonds. The lowest BCUT2D eigenvalue weighted by atomic mass is 9.84. The van der Waals surface area contributed by atoms with Gasteiger partial charge >= 0.3 is 0 Å². The molecular formula is C28H35N. The maximum absolute atomic E-state index is 8.40. The first-order chi connectivity index (χ1) is 14.7. The van der Waals surface area contributed by atoms with Gasteiger partial charge in [-0.05, 0) is 77.6 Å². The van der Waals surface area contributed by atoms with Gasteiger partial charge in [-0.15, -0.1) is 0 Å². The number of benzene rings is 3. The van der Waals surface area contributed by atoms with Crippen molar-refractivity contribution in [1.29, 1.82) is 0 Å². The number of nitrogens with zero attached hydrogens (tertiary/aromatic N) is 1. The monoisotopic (exact) mass is 388 g/mol. The second-order valence-corrected chi connectivity index (χ2v) is 9.75. The highest BCUT2D eigenvalue weighted by molar-refractivity contribution is 5.95. The van der Waals surface area contributed by atoms with Gasteiger partial charge in [0.1, 0.15) is 0 Å². The van der Waals surface area contributed by atoms with Crippen LogP contribution < -0.4 is 4.90 Å². The van der Waals surface area contributed by atoms with Gasteiger partial charge in [-0.1, -0.05) is 66.7 Å². The lowest BCUT2D eigenvalue weighted by Crippen LogP contribution is -2.53. The van der Waals surface area contributed by atoms with E-state index in [9.17, 15) is 0 Å². The maximum Gasteiger partial charge on any atom is 0.0539 e. The Morgan fingerprint density at radius 3 is 1.45 bits per heavy atom. The van der Waals surface area contributed by atoms with E-state index >= 15 is 0 Å². The van der Waals surface area contributed by atoms with Crippen molar-refractivity contribution in [3.63, 3.8) is 0 Å². The molecule has 29 heavy (non-hydrogen) atoms. The van der Waals surface area contributed by atoms with Gasteiger partial charge in [-0.2, -0.15) is 0 Å². The minimum Gasteiger partial charge on any atom is -0.361 e. The van der Waals surface area contributed by atoms with Crippen molar-refractivity contribution in [2.24, 2.45) is 0 Å². The van der Waals surface area contributed by atoms with Crippen molar-refractivity contribution in [1.82, 2.24) is 0 Å². The SMILES string of the molecule is [2H]C([2H])([2H])c1cc(C)c(-c2ccccc2)c(N(C(C)(C)C)C(C)(C)C)c1-c1ccccc1. The van der Waals surface area contributed by atoms with E-state index in [4.69, 9.17) is 4.11 Å². The number of rotatable bonds is 3. The fraction of sp³-hybridized carbons (Fsp3) is 0.357. The molecule has 0 unspecified atom stereocenters. The Balaban J connectivity index is 2.62. The molecule has 1 nitrogen and oxygen atoms in total. The molecule has 0 spiro atoms. The smallest absolute Gasteiger partial charge is 0.0539 e. The first kappa shape index (κ1) is 17.3. The average Bonchev–Trinajstić information content (AvgIpc) is 2.66. The summed E-state index contributed by atoms with van der Waals surface area (Å²) in [6, 6.07) is 22.1. The van der Waals surface area contributed by atoms with Crippen molar-refractivity contribution >= 4 is 5.69 Å². The normalized spacial score (nSPS) is 14.1. The molecule has 1 heteroatoms. The molecule has 0 aliphatic heterocycles. The van der Waals surface area contributed by atoms with E-state index in [-0.39, 0.29) is 11.1 Å². The van der Waals surface area contributed by atoms with Crippen molar-refractivity contribution in [3.05, 3.63) is 77.9 Å². The number of aryl methyl sites for hydroxylation is 2. The van der Waals surface area contributed by atoms with Crippen LogP contribution in [0, 0.1) is 13.8 Å². The molecule has 0 aliphatic rings. The fourth-order valence-corrected chi connectivity index (χ4v) is 4.57. The second-order valence-electron chi connectivity index (χ2n) is 9.75. The summed E-state index contributed by atoms with van der Waals surface area (Å²) >= 11 is 0. The molecule has 0 radical (unpaired) electrons. The third kappa shape index (κ3) is 4.24. The number of hydrogen-bond donors (Lipinski definition) is 0. The Morgan fingerprint density at radius 2 is 1.07 bits per heavy atom. The maximum atomic E-state index is 8.40. The van der Waals surface area contributed by atoms with E-state index < -0.39 is 6.85 Å². The molecular weight excluding hydrogens is 350 g/mol. The quantitative estimate of drug-likeness (QED) is 0.439. The molecule has 0 aliphatic carbocycles. The topological polar surface area (TPSA) is 3.24 Å². The van der Waals surface area contributed by atoms with Gasteiger partial charge in [-0.25, -0.2) is 0 Å². The molecule has 0 saturated heterocycles. The van der Waals surface area contributed by atoms with Gasteiger partial charge < -0.3 is 4.90 Å². The molecule has 0 atom stereocenters. The molecule has 0 aromatic heterocycles. The summed E-state index contributed by atoms with van der Waals surface area (Å²) in [4.78, 5) is 2.40. The van der Waals surface area contributed by atoms with Crippen molar-refractivity contribution in [2.45, 2.75) is 66.4 Å². The predicted octanol–water partition coefficient (Wildman–Crippen LogP) is 8.04. The summed E-state index contributed by atoms with van der Waals surface area (Å²) in [6.45, 7) is 13.0. The Bertz CT molecular complexity index is 1060. The predicted molar refractivity (Wildman–Crippen MR) is 129 cm³/mol. The van der Waals surface area contributed by atoms with E-state index in [1.165, 1.54) is 0 Å². The third-order valence-corrected chi connectivity index (χ3v) is 5.19. The first-order valence-corrected chi connectivity index (χ1v) is 10.3. The van der Waals surface area contributed by atoms with Crippen LogP contribution in [0.5, 0.6) is 0 Å². The highest BCUT2D eigenvalue weighted by Crippen LogP contribution is 2.48. The summed E-state index contributed by atoms with van der Waals surface area (Å²) in [7, 11) is 0. The Morgan fingerprint density at radius 1 is 0.655 bits per heavy atom. The van der Waals surface area contributed by atoms with Crippen LogP contribution in [0.3, 0.4) is 0 Å². The average molecular weight is 389 g/mol. The first-order valence-electron chi connectivity index (χ1n) is 11.8. The van der Waals surface area contributed by atoms with Crippen LogP contribution in [0.25, 0.3) is 22.3 Å². The van der Waals surface area contributed by atoms with Crippen LogP contribution in [0.1, 0.15) is 56.8 Å². The zero-order valence-electron chi connectivity index (χ0n) is 21.8. The highest BCUT2D eigenvalue weighted by atomic mass is 15.2. The van der Waals surface area contributed by atoms with E-state index in [2.05, 4.69) is 58.6 Å². The summed E-state index contributed by atoms with van der Waals surface area (Å²) in [5, 5.41) is 0. The minimum absolute atomic E-state index is 0.245. The van der Waals surface area contributed by atoms with Crippen LogP contribution in [0.4, 0.5) is 5.69 Å². The van der Waals surface area contributed by atoms with E-state index in [1.54, 1.807) is 0 Å². The van der Waals surface area contributed by atoms with Crippen molar-refractivity contribution in [2.75, 3.05) is 4.90 Å². The van der Waals surface area contributed by atoms with Crippen LogP contribution in [-0.4, -0.2) is 11.1 Å². The summed E-state index contributed by atoms with van der Waals surface area (Å²) in [5.41, 5.74) is 5.74. The lowest BCUT2D eigenvalue weighted by molar-refractivity contribution is 0.381. The Kier molecular flexibility index (Phi) is 4.60. The largest absolute Gasteiger partial charge is 0.361 e. The van der Waals surface area contributed by atoms with Gasteiger partial charge in [0, 0.05) is 26.3 Å². The van der Waals surface area contributed by atoms with E-state index in [0.29, 0.717) is 5.56 Å². The number of hydrogen-bond acceptors (Lipinski definition) is 1. The standard InChI is InChI=1S/C28H35N/c1-20-19-21(2)25(23-17-13-10-14-18-23)26(24(20)22-15-11-9-12-16-22)29(27(3,4)5)28(6,7)8/h9-19H,1-8H3/i1D3.